The number of rotatable bonds is 5. The van der Waals surface area contributed by atoms with Crippen molar-refractivity contribution in [3.8, 4) is 5.75 Å². The molecule has 27 heavy (non-hydrogen) atoms. The fraction of sp³-hybridized carbons (Fsp3) is 0.500. The zero-order chi connectivity index (χ0) is 19.4. The Balaban J connectivity index is 1.51. The number of nitrogens with one attached hydrogen (secondary N) is 1. The smallest absolute Gasteiger partial charge is 0.287 e. The number of hydrogen-bond donors (Lipinski definition) is 1. The molecule has 0 aliphatic carbocycles. The van der Waals surface area contributed by atoms with Gasteiger partial charge in [0.2, 0.25) is 0 Å². The lowest BCUT2D eigenvalue weighted by atomic mass is 9.87. The molecule has 2 aromatic rings. The van der Waals surface area contributed by atoms with Crippen LogP contribution in [0.25, 0.3) is 0 Å². The number of nitrogens with zero attached hydrogens (tertiary/aromatic N) is 1. The molecule has 0 saturated carbocycles. The van der Waals surface area contributed by atoms with Gasteiger partial charge in [0.15, 0.2) is 5.76 Å². The van der Waals surface area contributed by atoms with E-state index < -0.39 is 0 Å². The van der Waals surface area contributed by atoms with Gasteiger partial charge in [0, 0.05) is 6.04 Å². The molecule has 1 saturated heterocycles. The van der Waals surface area contributed by atoms with Crippen LogP contribution >= 0.6 is 0 Å². The minimum atomic E-state index is -0.148. The standard InChI is InChI=1S/C22H30N2O3/c1-22(2,3)16-5-7-18(8-6-16)26-15-19-9-10-20(27-19)21(25)23-17-11-13-24(4)14-12-17/h5-10,17H,11-15H2,1-4H3,(H,23,25). The highest BCUT2D eigenvalue weighted by atomic mass is 16.5. The second kappa shape index (κ2) is 8.17. The maximum atomic E-state index is 12.4. The molecular weight excluding hydrogens is 340 g/mol. The first kappa shape index (κ1) is 19.5. The molecule has 1 fully saturated rings. The summed E-state index contributed by atoms with van der Waals surface area (Å²) in [7, 11) is 2.10. The largest absolute Gasteiger partial charge is 0.486 e. The molecule has 0 unspecified atom stereocenters. The van der Waals surface area contributed by atoms with Crippen LogP contribution < -0.4 is 10.1 Å². The molecule has 0 atom stereocenters. The Morgan fingerprint density at radius 2 is 1.81 bits per heavy atom. The van der Waals surface area contributed by atoms with Crippen molar-refractivity contribution >= 4 is 5.91 Å². The van der Waals surface area contributed by atoms with Crippen LogP contribution in [0.5, 0.6) is 5.75 Å². The van der Waals surface area contributed by atoms with E-state index in [1.165, 1.54) is 5.56 Å². The van der Waals surface area contributed by atoms with Crippen LogP contribution in [0.2, 0.25) is 0 Å². The van der Waals surface area contributed by atoms with Gasteiger partial charge < -0.3 is 19.4 Å². The Labute approximate surface area is 161 Å². The minimum Gasteiger partial charge on any atom is -0.486 e. The number of carbonyl (C=O) groups is 1. The van der Waals surface area contributed by atoms with E-state index in [9.17, 15) is 4.79 Å². The van der Waals surface area contributed by atoms with E-state index >= 15 is 0 Å². The third kappa shape index (κ3) is 5.36. The molecule has 3 rings (SSSR count). The highest BCUT2D eigenvalue weighted by molar-refractivity contribution is 5.91. The van der Waals surface area contributed by atoms with Crippen molar-refractivity contribution in [3.63, 3.8) is 0 Å². The topological polar surface area (TPSA) is 54.7 Å². The Morgan fingerprint density at radius 1 is 1.15 bits per heavy atom. The van der Waals surface area contributed by atoms with Gasteiger partial charge in [0.1, 0.15) is 18.1 Å². The Kier molecular flexibility index (Phi) is 5.90. The molecule has 5 nitrogen and oxygen atoms in total. The predicted molar refractivity (Wildman–Crippen MR) is 106 cm³/mol. The number of likely N-dealkylation sites (tertiary alicyclic amines) is 1. The molecule has 5 heteroatoms. The lowest BCUT2D eigenvalue weighted by Crippen LogP contribution is -2.43. The summed E-state index contributed by atoms with van der Waals surface area (Å²) in [4.78, 5) is 14.6. The van der Waals surface area contributed by atoms with Crippen LogP contribution in [0.3, 0.4) is 0 Å². The maximum Gasteiger partial charge on any atom is 0.287 e. The fourth-order valence-corrected chi connectivity index (χ4v) is 3.19. The molecule has 1 aromatic carbocycles. The number of furan rings is 1. The molecule has 1 N–H and O–H groups in total. The summed E-state index contributed by atoms with van der Waals surface area (Å²) < 4.78 is 11.4. The number of amides is 1. The van der Waals surface area contributed by atoms with Crippen LogP contribution in [0.1, 0.15) is 55.5 Å². The summed E-state index contributed by atoms with van der Waals surface area (Å²) >= 11 is 0. The molecule has 2 heterocycles. The van der Waals surface area contributed by atoms with Gasteiger partial charge in [0.05, 0.1) is 0 Å². The van der Waals surface area contributed by atoms with E-state index in [4.69, 9.17) is 9.15 Å². The van der Waals surface area contributed by atoms with Crippen LogP contribution in [-0.2, 0) is 12.0 Å². The van der Waals surface area contributed by atoms with E-state index in [1.807, 2.05) is 12.1 Å². The number of carbonyl (C=O) groups excluding carboxylic acids is 1. The van der Waals surface area contributed by atoms with E-state index in [-0.39, 0.29) is 17.4 Å². The van der Waals surface area contributed by atoms with Crippen molar-refractivity contribution in [2.45, 2.75) is 51.7 Å². The van der Waals surface area contributed by atoms with Crippen molar-refractivity contribution in [1.82, 2.24) is 10.2 Å². The van der Waals surface area contributed by atoms with Crippen molar-refractivity contribution in [2.24, 2.45) is 0 Å². The molecule has 0 radical (unpaired) electrons. The van der Waals surface area contributed by atoms with Gasteiger partial charge in [-0.25, -0.2) is 0 Å². The molecule has 1 aliphatic rings. The van der Waals surface area contributed by atoms with Crippen LogP contribution in [-0.4, -0.2) is 37.0 Å². The summed E-state index contributed by atoms with van der Waals surface area (Å²) in [6.07, 6.45) is 1.95. The summed E-state index contributed by atoms with van der Waals surface area (Å²) in [5.74, 6) is 1.63. The second-order valence-electron chi connectivity index (χ2n) is 8.38. The van der Waals surface area contributed by atoms with Gasteiger partial charge in [0.25, 0.3) is 5.91 Å². The summed E-state index contributed by atoms with van der Waals surface area (Å²) in [5.41, 5.74) is 1.39. The van der Waals surface area contributed by atoms with E-state index in [1.54, 1.807) is 12.1 Å². The minimum absolute atomic E-state index is 0.121. The fourth-order valence-electron chi connectivity index (χ4n) is 3.19. The molecule has 0 spiro atoms. The zero-order valence-electron chi connectivity index (χ0n) is 16.7. The summed E-state index contributed by atoms with van der Waals surface area (Å²) in [6, 6.07) is 11.8. The quantitative estimate of drug-likeness (QED) is 0.865. The molecular formula is C22H30N2O3. The van der Waals surface area contributed by atoms with Gasteiger partial charge in [-0.15, -0.1) is 0 Å². The number of ether oxygens (including phenoxy) is 1. The first-order valence-corrected chi connectivity index (χ1v) is 9.63. The Morgan fingerprint density at radius 3 is 2.44 bits per heavy atom. The van der Waals surface area contributed by atoms with Gasteiger partial charge >= 0.3 is 0 Å². The number of piperidine rings is 1. The lowest BCUT2D eigenvalue weighted by Gasteiger charge is -2.29. The molecule has 0 bridgehead atoms. The van der Waals surface area contributed by atoms with E-state index in [2.05, 4.69) is 50.2 Å². The number of hydrogen-bond acceptors (Lipinski definition) is 4. The zero-order valence-corrected chi connectivity index (χ0v) is 16.7. The Bertz CT molecular complexity index is 751. The van der Waals surface area contributed by atoms with Gasteiger partial charge in [-0.05, 0) is 68.2 Å². The van der Waals surface area contributed by atoms with Crippen LogP contribution in [0, 0.1) is 0 Å². The summed E-state index contributed by atoms with van der Waals surface area (Å²) in [5, 5.41) is 3.06. The Hall–Kier alpha value is -2.27. The van der Waals surface area contributed by atoms with Crippen LogP contribution in [0.15, 0.2) is 40.8 Å². The van der Waals surface area contributed by atoms with Crippen molar-refractivity contribution < 1.29 is 13.9 Å². The van der Waals surface area contributed by atoms with Crippen molar-refractivity contribution in [1.29, 1.82) is 0 Å². The molecule has 1 amide bonds. The van der Waals surface area contributed by atoms with Gasteiger partial charge in [-0.2, -0.15) is 0 Å². The average Bonchev–Trinajstić information content (AvgIpc) is 3.11. The monoisotopic (exact) mass is 370 g/mol. The normalized spacial score (nSPS) is 16.3. The van der Waals surface area contributed by atoms with E-state index in [0.29, 0.717) is 18.1 Å². The maximum absolute atomic E-state index is 12.4. The lowest BCUT2D eigenvalue weighted by molar-refractivity contribution is 0.0884. The molecule has 146 valence electrons. The summed E-state index contributed by atoms with van der Waals surface area (Å²) in [6.45, 7) is 8.88. The third-order valence-electron chi connectivity index (χ3n) is 5.04. The second-order valence-corrected chi connectivity index (χ2v) is 8.38. The highest BCUT2D eigenvalue weighted by Gasteiger charge is 2.20. The van der Waals surface area contributed by atoms with Crippen LogP contribution in [0.4, 0.5) is 0 Å². The van der Waals surface area contributed by atoms with E-state index in [0.717, 1.165) is 31.7 Å². The average molecular weight is 370 g/mol. The van der Waals surface area contributed by atoms with Crippen molar-refractivity contribution in [3.05, 3.63) is 53.5 Å². The third-order valence-corrected chi connectivity index (χ3v) is 5.04. The predicted octanol–water partition coefficient (Wildman–Crippen LogP) is 3.98. The highest BCUT2D eigenvalue weighted by Crippen LogP contribution is 2.24. The molecule has 1 aromatic heterocycles. The van der Waals surface area contributed by atoms with Gasteiger partial charge in [-0.3, -0.25) is 4.79 Å². The first-order valence-electron chi connectivity index (χ1n) is 9.63. The first-order chi connectivity index (χ1) is 12.8. The molecule has 1 aliphatic heterocycles. The van der Waals surface area contributed by atoms with Gasteiger partial charge in [-0.1, -0.05) is 32.9 Å². The number of benzene rings is 1. The van der Waals surface area contributed by atoms with Crippen molar-refractivity contribution in [2.75, 3.05) is 20.1 Å². The SMILES string of the molecule is CN1CCC(NC(=O)c2ccc(COc3ccc(C(C)(C)C)cc3)o2)CC1.